The Labute approximate surface area is 127 Å². The molecule has 0 amide bonds. The van der Waals surface area contributed by atoms with Crippen molar-refractivity contribution in [1.82, 2.24) is 9.97 Å². The molecule has 0 unspecified atom stereocenters. The molecule has 0 saturated carbocycles. The number of benzene rings is 1. The van der Waals surface area contributed by atoms with Gasteiger partial charge in [0.05, 0.1) is 11.6 Å². The highest BCUT2D eigenvalue weighted by Gasteiger charge is 2.05. The molecule has 0 radical (unpaired) electrons. The number of hydrogen-bond acceptors (Lipinski definition) is 3. The summed E-state index contributed by atoms with van der Waals surface area (Å²) in [7, 11) is 0. The predicted octanol–water partition coefficient (Wildman–Crippen LogP) is 4.72. The third-order valence-corrected chi connectivity index (χ3v) is 4.21. The van der Waals surface area contributed by atoms with Crippen LogP contribution in [0.3, 0.4) is 0 Å². The summed E-state index contributed by atoms with van der Waals surface area (Å²) in [5.41, 5.74) is 2.06. The predicted molar refractivity (Wildman–Crippen MR) is 82.0 cm³/mol. The fourth-order valence-electron chi connectivity index (χ4n) is 1.65. The highest BCUT2D eigenvalue weighted by Crippen LogP contribution is 2.23. The van der Waals surface area contributed by atoms with Crippen LogP contribution in [0.1, 0.15) is 24.0 Å². The smallest absolute Gasteiger partial charge is 0.138 e. The van der Waals surface area contributed by atoms with Gasteiger partial charge in [0.25, 0.3) is 0 Å². The van der Waals surface area contributed by atoms with Gasteiger partial charge in [-0.15, -0.1) is 23.4 Å². The molecule has 0 atom stereocenters. The zero-order chi connectivity index (χ0) is 13.7. The zero-order valence-corrected chi connectivity index (χ0v) is 12.9. The second-order valence-electron chi connectivity index (χ2n) is 3.99. The molecule has 0 saturated heterocycles. The number of nitrogens with zero attached hydrogens (tertiary/aromatic N) is 2. The number of aryl methyl sites for hydroxylation is 1. The van der Waals surface area contributed by atoms with Gasteiger partial charge in [-0.3, -0.25) is 0 Å². The summed E-state index contributed by atoms with van der Waals surface area (Å²) in [5, 5.41) is 0.750. The van der Waals surface area contributed by atoms with Crippen molar-refractivity contribution in [3.8, 4) is 0 Å². The van der Waals surface area contributed by atoms with Crippen molar-refractivity contribution in [2.75, 3.05) is 0 Å². The average molecular weight is 313 g/mol. The Balaban J connectivity index is 2.05. The van der Waals surface area contributed by atoms with Crippen LogP contribution in [-0.2, 0) is 18.1 Å². The highest BCUT2D eigenvalue weighted by atomic mass is 35.5. The van der Waals surface area contributed by atoms with E-state index in [0.29, 0.717) is 5.88 Å². The van der Waals surface area contributed by atoms with Crippen LogP contribution in [0.15, 0.2) is 35.4 Å². The van der Waals surface area contributed by atoms with Gasteiger partial charge >= 0.3 is 0 Å². The minimum atomic E-state index is 0.466. The third kappa shape index (κ3) is 4.10. The molecule has 0 fully saturated rings. The van der Waals surface area contributed by atoms with Crippen molar-refractivity contribution in [3.63, 3.8) is 0 Å². The van der Waals surface area contributed by atoms with E-state index in [1.807, 2.05) is 30.5 Å². The first-order chi connectivity index (χ1) is 9.22. The van der Waals surface area contributed by atoms with Gasteiger partial charge in [-0.2, -0.15) is 0 Å². The molecule has 1 aromatic heterocycles. The summed E-state index contributed by atoms with van der Waals surface area (Å²) in [4.78, 5) is 10.1. The van der Waals surface area contributed by atoms with Gasteiger partial charge < -0.3 is 0 Å². The average Bonchev–Trinajstić information content (AvgIpc) is 2.46. The maximum Gasteiger partial charge on any atom is 0.138 e. The summed E-state index contributed by atoms with van der Waals surface area (Å²) < 4.78 is 0. The lowest BCUT2D eigenvalue weighted by atomic mass is 10.2. The molecule has 0 aliphatic heterocycles. The molecule has 0 N–H and O–H groups in total. The fraction of sp³-hybridized carbons (Fsp3) is 0.286. The summed E-state index contributed by atoms with van der Waals surface area (Å²) >= 11 is 13.4. The van der Waals surface area contributed by atoms with Crippen molar-refractivity contribution in [2.24, 2.45) is 0 Å². The molecule has 0 spiro atoms. The van der Waals surface area contributed by atoms with Crippen molar-refractivity contribution in [3.05, 3.63) is 52.6 Å². The number of alkyl halides is 1. The number of rotatable bonds is 5. The topological polar surface area (TPSA) is 25.8 Å². The van der Waals surface area contributed by atoms with Crippen LogP contribution in [0.4, 0.5) is 0 Å². The Morgan fingerprint density at radius 1 is 1.21 bits per heavy atom. The Morgan fingerprint density at radius 3 is 2.58 bits per heavy atom. The number of hydrogen-bond donors (Lipinski definition) is 0. The lowest BCUT2D eigenvalue weighted by molar-refractivity contribution is 0.912. The van der Waals surface area contributed by atoms with Crippen molar-refractivity contribution in [1.29, 1.82) is 0 Å². The molecule has 0 bridgehead atoms. The summed E-state index contributed by atoms with van der Waals surface area (Å²) in [5.74, 6) is 2.05. The molecule has 2 nitrogen and oxygen atoms in total. The summed E-state index contributed by atoms with van der Waals surface area (Å²) in [6.45, 7) is 2.08. The second-order valence-corrected chi connectivity index (χ2v) is 5.74. The maximum absolute atomic E-state index is 5.86. The molecule has 2 rings (SSSR count). The Bertz CT molecular complexity index is 544. The molecular formula is C14H14Cl2N2S. The molecule has 2 aromatic rings. The first-order valence-electron chi connectivity index (χ1n) is 6.01. The van der Waals surface area contributed by atoms with Crippen LogP contribution in [0.25, 0.3) is 0 Å². The fourth-order valence-corrected chi connectivity index (χ4v) is 2.76. The van der Waals surface area contributed by atoms with Crippen molar-refractivity contribution >= 4 is 35.0 Å². The normalized spacial score (nSPS) is 10.7. The summed E-state index contributed by atoms with van der Waals surface area (Å²) in [6.07, 6.45) is 2.71. The van der Waals surface area contributed by atoms with Gasteiger partial charge in [0, 0.05) is 27.4 Å². The van der Waals surface area contributed by atoms with Crippen LogP contribution >= 0.6 is 35.0 Å². The van der Waals surface area contributed by atoms with Gasteiger partial charge in [-0.05, 0) is 30.7 Å². The number of thioether (sulfide) groups is 1. The highest BCUT2D eigenvalue weighted by molar-refractivity contribution is 7.98. The lowest BCUT2D eigenvalue weighted by Gasteiger charge is -2.06. The standard InChI is InChI=1S/C14H14Cl2N2S/c1-2-13-10(7-15)8-17-14(18-13)9-19-12-5-3-11(16)4-6-12/h3-6,8H,2,7,9H2,1H3. The van der Waals surface area contributed by atoms with Gasteiger partial charge in [-0.1, -0.05) is 18.5 Å². The molecule has 100 valence electrons. The number of halogens is 2. The van der Waals surface area contributed by atoms with E-state index in [9.17, 15) is 0 Å². The second kappa shape index (κ2) is 7.13. The molecule has 1 heterocycles. The molecular weight excluding hydrogens is 299 g/mol. The summed E-state index contributed by atoms with van der Waals surface area (Å²) in [6, 6.07) is 7.78. The van der Waals surface area contributed by atoms with Gasteiger partial charge in [-0.25, -0.2) is 9.97 Å². The molecule has 5 heteroatoms. The monoisotopic (exact) mass is 312 g/mol. The molecule has 1 aromatic carbocycles. The van der Waals surface area contributed by atoms with Gasteiger partial charge in [0.15, 0.2) is 0 Å². The van der Waals surface area contributed by atoms with Crippen molar-refractivity contribution in [2.45, 2.75) is 29.9 Å². The lowest BCUT2D eigenvalue weighted by Crippen LogP contribution is -2.01. The number of aromatic nitrogens is 2. The molecule has 19 heavy (non-hydrogen) atoms. The SMILES string of the molecule is CCc1nc(CSc2ccc(Cl)cc2)ncc1CCl. The molecule has 0 aliphatic rings. The largest absolute Gasteiger partial charge is 0.240 e. The Kier molecular flexibility index (Phi) is 5.49. The first kappa shape index (κ1) is 14.6. The molecule has 0 aliphatic carbocycles. The van der Waals surface area contributed by atoms with E-state index in [1.54, 1.807) is 11.8 Å². The van der Waals surface area contributed by atoms with E-state index in [2.05, 4.69) is 16.9 Å². The van der Waals surface area contributed by atoms with Crippen LogP contribution < -0.4 is 0 Å². The van der Waals surface area contributed by atoms with E-state index in [4.69, 9.17) is 23.2 Å². The Hall–Kier alpha value is -0.770. The van der Waals surface area contributed by atoms with E-state index >= 15 is 0 Å². The van der Waals surface area contributed by atoms with Crippen LogP contribution in [0.2, 0.25) is 5.02 Å². The third-order valence-electron chi connectivity index (χ3n) is 2.66. The zero-order valence-electron chi connectivity index (χ0n) is 10.6. The van der Waals surface area contributed by atoms with Crippen LogP contribution in [0, 0.1) is 0 Å². The first-order valence-corrected chi connectivity index (χ1v) is 7.90. The van der Waals surface area contributed by atoms with E-state index in [0.717, 1.165) is 39.2 Å². The van der Waals surface area contributed by atoms with Crippen LogP contribution in [-0.4, -0.2) is 9.97 Å². The minimum absolute atomic E-state index is 0.466. The Morgan fingerprint density at radius 2 is 1.95 bits per heavy atom. The minimum Gasteiger partial charge on any atom is -0.240 e. The van der Waals surface area contributed by atoms with Crippen molar-refractivity contribution < 1.29 is 0 Å². The maximum atomic E-state index is 5.86. The van der Waals surface area contributed by atoms with Crippen LogP contribution in [0.5, 0.6) is 0 Å². The van der Waals surface area contributed by atoms with E-state index in [1.165, 1.54) is 0 Å². The van der Waals surface area contributed by atoms with E-state index in [-0.39, 0.29) is 0 Å². The van der Waals surface area contributed by atoms with Gasteiger partial charge in [0.2, 0.25) is 0 Å². The van der Waals surface area contributed by atoms with E-state index < -0.39 is 0 Å². The van der Waals surface area contributed by atoms with Gasteiger partial charge in [0.1, 0.15) is 5.82 Å². The quantitative estimate of drug-likeness (QED) is 0.590.